The van der Waals surface area contributed by atoms with Crippen molar-refractivity contribution in [1.82, 2.24) is 4.90 Å². The van der Waals surface area contributed by atoms with Crippen LogP contribution < -0.4 is 0 Å². The van der Waals surface area contributed by atoms with Crippen LogP contribution in [-0.4, -0.2) is 48.5 Å². The Labute approximate surface area is 79.7 Å². The van der Waals surface area contributed by atoms with Gasteiger partial charge in [-0.05, 0) is 25.7 Å². The van der Waals surface area contributed by atoms with Crippen LogP contribution in [0, 0.1) is 5.92 Å². The fourth-order valence-corrected chi connectivity index (χ4v) is 2.10. The largest absolute Gasteiger partial charge is 0.387 e. The van der Waals surface area contributed by atoms with Crippen LogP contribution in [0.15, 0.2) is 0 Å². The third-order valence-electron chi connectivity index (χ3n) is 3.09. The molecule has 0 aromatic heterocycles. The van der Waals surface area contributed by atoms with Crippen LogP contribution in [0.5, 0.6) is 0 Å². The minimum absolute atomic E-state index is 0.327. The fourth-order valence-electron chi connectivity index (χ4n) is 2.10. The summed E-state index contributed by atoms with van der Waals surface area (Å²) in [6.07, 6.45) is 2.46. The van der Waals surface area contributed by atoms with E-state index in [1.54, 1.807) is 0 Å². The maximum absolute atomic E-state index is 9.99. The molecule has 0 aromatic rings. The Hall–Kier alpha value is -0.120. The van der Waals surface area contributed by atoms with Gasteiger partial charge in [0.05, 0.1) is 12.2 Å². The molecule has 2 rings (SSSR count). The number of rotatable bonds is 5. The van der Waals surface area contributed by atoms with Crippen LogP contribution in [-0.2, 0) is 4.74 Å². The van der Waals surface area contributed by atoms with Crippen molar-refractivity contribution >= 4 is 0 Å². The van der Waals surface area contributed by atoms with Gasteiger partial charge >= 0.3 is 0 Å². The SMILES string of the molecule is CCOCCN1CC(O)(C2CC2)C1. The number of likely N-dealkylation sites (tertiary alicyclic amines) is 1. The Morgan fingerprint density at radius 2 is 2.15 bits per heavy atom. The van der Waals surface area contributed by atoms with Crippen molar-refractivity contribution < 1.29 is 9.84 Å². The topological polar surface area (TPSA) is 32.7 Å². The number of hydrogen-bond acceptors (Lipinski definition) is 3. The van der Waals surface area contributed by atoms with Crippen molar-refractivity contribution in [3.63, 3.8) is 0 Å². The van der Waals surface area contributed by atoms with Crippen LogP contribution >= 0.6 is 0 Å². The van der Waals surface area contributed by atoms with Crippen molar-refractivity contribution in [3.05, 3.63) is 0 Å². The van der Waals surface area contributed by atoms with Gasteiger partial charge in [0.15, 0.2) is 0 Å². The Morgan fingerprint density at radius 3 is 2.69 bits per heavy atom. The summed E-state index contributed by atoms with van der Waals surface area (Å²) in [4.78, 5) is 2.27. The number of aliphatic hydroxyl groups is 1. The molecular formula is C10H19NO2. The monoisotopic (exact) mass is 185 g/mol. The van der Waals surface area contributed by atoms with Crippen molar-refractivity contribution in [2.24, 2.45) is 5.92 Å². The lowest BCUT2D eigenvalue weighted by molar-refractivity contribution is -0.117. The van der Waals surface area contributed by atoms with E-state index in [-0.39, 0.29) is 5.60 Å². The molecular weight excluding hydrogens is 166 g/mol. The lowest BCUT2D eigenvalue weighted by atomic mass is 9.89. The second kappa shape index (κ2) is 3.56. The van der Waals surface area contributed by atoms with Gasteiger partial charge < -0.3 is 9.84 Å². The summed E-state index contributed by atoms with van der Waals surface area (Å²) in [5, 5.41) is 9.99. The van der Waals surface area contributed by atoms with Crippen molar-refractivity contribution in [2.45, 2.75) is 25.4 Å². The van der Waals surface area contributed by atoms with E-state index in [0.29, 0.717) is 5.92 Å². The molecule has 1 aliphatic carbocycles. The second-order valence-electron chi connectivity index (χ2n) is 4.29. The summed E-state index contributed by atoms with van der Waals surface area (Å²) < 4.78 is 5.26. The van der Waals surface area contributed by atoms with Crippen LogP contribution in [0.3, 0.4) is 0 Å². The molecule has 1 N–H and O–H groups in total. The van der Waals surface area contributed by atoms with Gasteiger partial charge in [-0.1, -0.05) is 0 Å². The third kappa shape index (κ3) is 2.03. The van der Waals surface area contributed by atoms with E-state index < -0.39 is 0 Å². The van der Waals surface area contributed by atoms with Crippen LogP contribution in [0.1, 0.15) is 19.8 Å². The molecule has 0 spiro atoms. The molecule has 3 heteroatoms. The van der Waals surface area contributed by atoms with Crippen molar-refractivity contribution in [2.75, 3.05) is 32.8 Å². The van der Waals surface area contributed by atoms with Crippen molar-refractivity contribution in [1.29, 1.82) is 0 Å². The van der Waals surface area contributed by atoms with E-state index in [0.717, 1.165) is 32.8 Å². The Balaban J connectivity index is 1.60. The van der Waals surface area contributed by atoms with E-state index in [4.69, 9.17) is 4.74 Å². The predicted octanol–water partition coefficient (Wildman–Crippen LogP) is 0.480. The highest BCUT2D eigenvalue weighted by atomic mass is 16.5. The lowest BCUT2D eigenvalue weighted by Gasteiger charge is -2.47. The molecule has 2 aliphatic rings. The average molecular weight is 185 g/mol. The van der Waals surface area contributed by atoms with Gasteiger partial charge in [0.2, 0.25) is 0 Å². The first-order chi connectivity index (χ1) is 6.24. The predicted molar refractivity (Wildman–Crippen MR) is 50.6 cm³/mol. The van der Waals surface area contributed by atoms with E-state index in [9.17, 15) is 5.11 Å². The molecule has 0 bridgehead atoms. The normalized spacial score (nSPS) is 27.2. The summed E-state index contributed by atoms with van der Waals surface area (Å²) in [7, 11) is 0. The summed E-state index contributed by atoms with van der Waals surface area (Å²) >= 11 is 0. The standard InChI is InChI=1S/C10H19NO2/c1-2-13-6-5-11-7-10(12,8-11)9-3-4-9/h9,12H,2-8H2,1H3. The zero-order valence-corrected chi connectivity index (χ0v) is 8.33. The van der Waals surface area contributed by atoms with Crippen LogP contribution in [0.4, 0.5) is 0 Å². The van der Waals surface area contributed by atoms with Crippen molar-refractivity contribution in [3.8, 4) is 0 Å². The van der Waals surface area contributed by atoms with Gasteiger partial charge in [-0.3, -0.25) is 4.90 Å². The fraction of sp³-hybridized carbons (Fsp3) is 1.00. The number of β-amino-alcohol motifs (C(OH)–C–C–N with tert-alkyl or cyclic N) is 1. The second-order valence-corrected chi connectivity index (χ2v) is 4.29. The minimum atomic E-state index is -0.327. The molecule has 0 aromatic carbocycles. The minimum Gasteiger partial charge on any atom is -0.387 e. The van der Waals surface area contributed by atoms with Gasteiger partial charge in [0.25, 0.3) is 0 Å². The molecule has 3 nitrogen and oxygen atoms in total. The van der Waals surface area contributed by atoms with E-state index in [2.05, 4.69) is 4.90 Å². The Morgan fingerprint density at radius 1 is 1.46 bits per heavy atom. The molecule has 0 atom stereocenters. The Bertz CT molecular complexity index is 174. The molecule has 0 amide bonds. The molecule has 76 valence electrons. The van der Waals surface area contributed by atoms with Gasteiger partial charge in [0.1, 0.15) is 0 Å². The van der Waals surface area contributed by atoms with Gasteiger partial charge in [-0.25, -0.2) is 0 Å². The summed E-state index contributed by atoms with van der Waals surface area (Å²) in [5.74, 6) is 0.607. The average Bonchev–Trinajstić information content (AvgIpc) is 2.83. The molecule has 0 unspecified atom stereocenters. The highest BCUT2D eigenvalue weighted by Crippen LogP contribution is 2.44. The molecule has 1 saturated carbocycles. The quantitative estimate of drug-likeness (QED) is 0.632. The Kier molecular flexibility index (Phi) is 2.58. The van der Waals surface area contributed by atoms with Gasteiger partial charge in [-0.2, -0.15) is 0 Å². The molecule has 1 heterocycles. The lowest BCUT2D eigenvalue weighted by Crippen LogP contribution is -2.63. The molecule has 2 fully saturated rings. The van der Waals surface area contributed by atoms with E-state index in [1.165, 1.54) is 12.8 Å². The molecule has 13 heavy (non-hydrogen) atoms. The summed E-state index contributed by atoms with van der Waals surface area (Å²) in [6.45, 7) is 6.31. The summed E-state index contributed by atoms with van der Waals surface area (Å²) in [5.41, 5.74) is -0.327. The summed E-state index contributed by atoms with van der Waals surface area (Å²) in [6, 6.07) is 0. The molecule has 0 radical (unpaired) electrons. The van der Waals surface area contributed by atoms with Gasteiger partial charge in [-0.15, -0.1) is 0 Å². The maximum atomic E-state index is 9.99. The molecule has 1 aliphatic heterocycles. The van der Waals surface area contributed by atoms with Gasteiger partial charge in [0, 0.05) is 26.2 Å². The number of ether oxygens (including phenoxy) is 1. The zero-order chi connectivity index (χ0) is 9.31. The highest BCUT2D eigenvalue weighted by Gasteiger charge is 2.51. The van der Waals surface area contributed by atoms with E-state index in [1.807, 2.05) is 6.92 Å². The van der Waals surface area contributed by atoms with E-state index >= 15 is 0 Å². The number of nitrogens with zero attached hydrogens (tertiary/aromatic N) is 1. The zero-order valence-electron chi connectivity index (χ0n) is 8.33. The third-order valence-corrected chi connectivity index (χ3v) is 3.09. The maximum Gasteiger partial charge on any atom is 0.0928 e. The highest BCUT2D eigenvalue weighted by molar-refractivity contribution is 5.05. The smallest absolute Gasteiger partial charge is 0.0928 e. The first-order valence-corrected chi connectivity index (χ1v) is 5.27. The number of hydrogen-bond donors (Lipinski definition) is 1. The molecule has 1 saturated heterocycles. The van der Waals surface area contributed by atoms with Crippen LogP contribution in [0.2, 0.25) is 0 Å². The first kappa shape index (κ1) is 9.44. The van der Waals surface area contributed by atoms with Crippen LogP contribution in [0.25, 0.3) is 0 Å². The first-order valence-electron chi connectivity index (χ1n) is 5.27.